The molecule has 0 unspecified atom stereocenters. The van der Waals surface area contributed by atoms with Gasteiger partial charge in [0.1, 0.15) is 24.4 Å². The molecule has 0 aliphatic carbocycles. The molecule has 3 amide bonds. The van der Waals surface area contributed by atoms with Gasteiger partial charge in [0, 0.05) is 31.3 Å². The van der Waals surface area contributed by atoms with Crippen molar-refractivity contribution in [1.82, 2.24) is 26.3 Å². The molecular weight excluding hydrogens is 550 g/mol. The van der Waals surface area contributed by atoms with Crippen LogP contribution in [0.3, 0.4) is 0 Å². The fourth-order valence-corrected chi connectivity index (χ4v) is 5.55. The molecular formula is C32H41N5O4S. The zero-order valence-corrected chi connectivity index (χ0v) is 25.1. The van der Waals surface area contributed by atoms with Gasteiger partial charge in [-0.25, -0.2) is 4.98 Å². The van der Waals surface area contributed by atoms with E-state index in [1.54, 1.807) is 5.51 Å². The summed E-state index contributed by atoms with van der Waals surface area (Å²) in [7, 11) is 0. The molecule has 42 heavy (non-hydrogen) atoms. The number of carbonyl (C=O) groups excluding carboxylic acids is 3. The molecule has 0 saturated carbocycles. The van der Waals surface area contributed by atoms with Crippen LogP contribution in [0.1, 0.15) is 43.5 Å². The Balaban J connectivity index is 1.61. The van der Waals surface area contributed by atoms with E-state index in [-0.39, 0.29) is 24.2 Å². The first-order valence-corrected chi connectivity index (χ1v) is 15.6. The highest BCUT2D eigenvalue weighted by Gasteiger charge is 2.31. The average Bonchev–Trinajstić information content (AvgIpc) is 3.52. The molecule has 0 bridgehead atoms. The van der Waals surface area contributed by atoms with Gasteiger partial charge in [0.15, 0.2) is 0 Å². The SMILES string of the molecule is CC[C@H](C)[C@@H]1NCCOc2ccccc2CCCNC(=O)[C@@H](Cc2ccccc2)NC(=O)[C@@H](Cc2cscn2)NC1=O. The first-order valence-electron chi connectivity index (χ1n) is 14.7. The van der Waals surface area contributed by atoms with Gasteiger partial charge in [-0.2, -0.15) is 0 Å². The van der Waals surface area contributed by atoms with Gasteiger partial charge in [-0.3, -0.25) is 14.4 Å². The van der Waals surface area contributed by atoms with Crippen molar-refractivity contribution in [2.45, 2.75) is 64.1 Å². The summed E-state index contributed by atoms with van der Waals surface area (Å²) < 4.78 is 6.09. The number of nitrogens with zero attached hydrogens (tertiary/aromatic N) is 1. The van der Waals surface area contributed by atoms with E-state index in [0.29, 0.717) is 31.8 Å². The van der Waals surface area contributed by atoms with Gasteiger partial charge < -0.3 is 26.0 Å². The van der Waals surface area contributed by atoms with Crippen LogP contribution < -0.4 is 26.0 Å². The Morgan fingerprint density at radius 1 is 0.929 bits per heavy atom. The Hall–Kier alpha value is -3.76. The maximum absolute atomic E-state index is 13.7. The summed E-state index contributed by atoms with van der Waals surface area (Å²) in [6.07, 6.45) is 2.76. The number of amides is 3. The lowest BCUT2D eigenvalue weighted by Gasteiger charge is -2.28. The quantitative estimate of drug-likeness (QED) is 0.350. The smallest absolute Gasteiger partial charge is 0.243 e. The number of hydrogen-bond donors (Lipinski definition) is 4. The minimum atomic E-state index is -0.902. The molecule has 4 N–H and O–H groups in total. The zero-order chi connectivity index (χ0) is 29.7. The van der Waals surface area contributed by atoms with Crippen LogP contribution in [-0.2, 0) is 33.6 Å². The van der Waals surface area contributed by atoms with E-state index in [1.807, 2.05) is 73.8 Å². The Bertz CT molecular complexity index is 1290. The van der Waals surface area contributed by atoms with Gasteiger partial charge in [-0.05, 0) is 36.0 Å². The Labute approximate surface area is 251 Å². The number of thiazole rings is 1. The molecule has 4 rings (SSSR count). The summed E-state index contributed by atoms with van der Waals surface area (Å²) in [5.74, 6) is -0.147. The topological polar surface area (TPSA) is 121 Å². The van der Waals surface area contributed by atoms with Crippen LogP contribution in [0, 0.1) is 5.92 Å². The maximum Gasteiger partial charge on any atom is 0.243 e. The van der Waals surface area contributed by atoms with Crippen LogP contribution in [0.4, 0.5) is 0 Å². The van der Waals surface area contributed by atoms with Crippen LogP contribution in [0.5, 0.6) is 5.75 Å². The molecule has 2 heterocycles. The van der Waals surface area contributed by atoms with Crippen molar-refractivity contribution in [2.24, 2.45) is 5.92 Å². The Kier molecular flexibility index (Phi) is 11.9. The standard InChI is InChI=1S/C32H41N5O4S/c1-3-22(2)29-32(40)37-27(19-25-20-42-21-35-25)31(39)36-26(18-23-10-5-4-6-11-23)30(38)34-15-9-13-24-12-7-8-14-28(24)41-17-16-33-29/h4-8,10-12,14,20-22,26-27,29,33H,3,9,13,15-19H2,1-2H3,(H,34,38)(H,36,39)(H,37,40)/t22-,26+,27+,29-/m0/s1. The number of rotatable bonds is 6. The Morgan fingerprint density at radius 3 is 2.43 bits per heavy atom. The van der Waals surface area contributed by atoms with Gasteiger partial charge in [0.2, 0.25) is 17.7 Å². The van der Waals surface area contributed by atoms with E-state index in [2.05, 4.69) is 26.3 Å². The number of benzene rings is 2. The second-order valence-electron chi connectivity index (χ2n) is 10.7. The summed E-state index contributed by atoms with van der Waals surface area (Å²) in [4.78, 5) is 45.1. The van der Waals surface area contributed by atoms with E-state index in [9.17, 15) is 14.4 Å². The third kappa shape index (κ3) is 9.12. The average molecular weight is 592 g/mol. The predicted octanol–water partition coefficient (Wildman–Crippen LogP) is 3.04. The second-order valence-corrected chi connectivity index (χ2v) is 11.4. The van der Waals surface area contributed by atoms with Crippen molar-refractivity contribution in [1.29, 1.82) is 0 Å². The minimum Gasteiger partial charge on any atom is -0.492 e. The molecule has 1 aromatic heterocycles. The molecule has 0 radical (unpaired) electrons. The first-order chi connectivity index (χ1) is 20.4. The number of ether oxygens (including phenoxy) is 1. The summed E-state index contributed by atoms with van der Waals surface area (Å²) >= 11 is 1.43. The van der Waals surface area contributed by atoms with Gasteiger partial charge in [0.05, 0.1) is 17.2 Å². The summed E-state index contributed by atoms with van der Waals surface area (Å²) in [6.45, 7) is 5.34. The lowest BCUT2D eigenvalue weighted by molar-refractivity contribution is -0.133. The lowest BCUT2D eigenvalue weighted by atomic mass is 9.97. The largest absolute Gasteiger partial charge is 0.492 e. The van der Waals surface area contributed by atoms with Gasteiger partial charge in [0.25, 0.3) is 0 Å². The van der Waals surface area contributed by atoms with Crippen molar-refractivity contribution in [3.8, 4) is 5.75 Å². The van der Waals surface area contributed by atoms with Crippen LogP contribution in [0.15, 0.2) is 65.5 Å². The maximum atomic E-state index is 13.7. The molecule has 1 aliphatic rings. The van der Waals surface area contributed by atoms with Gasteiger partial charge in [-0.15, -0.1) is 11.3 Å². The number of hydrogen-bond acceptors (Lipinski definition) is 7. The van der Waals surface area contributed by atoms with E-state index in [1.165, 1.54) is 11.3 Å². The highest BCUT2D eigenvalue weighted by molar-refractivity contribution is 7.07. The number of aromatic nitrogens is 1. The molecule has 224 valence electrons. The third-order valence-electron chi connectivity index (χ3n) is 7.56. The normalized spacial score (nSPS) is 21.9. The van der Waals surface area contributed by atoms with Crippen LogP contribution >= 0.6 is 11.3 Å². The van der Waals surface area contributed by atoms with Crippen molar-refractivity contribution in [3.05, 3.63) is 82.3 Å². The molecule has 0 fully saturated rings. The number of carbonyl (C=O) groups is 3. The third-order valence-corrected chi connectivity index (χ3v) is 8.19. The lowest BCUT2D eigenvalue weighted by Crippen LogP contribution is -2.58. The monoisotopic (exact) mass is 591 g/mol. The van der Waals surface area contributed by atoms with Crippen molar-refractivity contribution in [2.75, 3.05) is 19.7 Å². The van der Waals surface area contributed by atoms with E-state index < -0.39 is 24.0 Å². The number of aryl methyl sites for hydroxylation is 1. The number of nitrogens with one attached hydrogen (secondary N) is 4. The number of para-hydroxylation sites is 1. The summed E-state index contributed by atoms with van der Waals surface area (Å²) in [5.41, 5.74) is 4.38. The van der Waals surface area contributed by atoms with Crippen LogP contribution in [0.25, 0.3) is 0 Å². The summed E-state index contributed by atoms with van der Waals surface area (Å²) in [5, 5.41) is 14.1. The van der Waals surface area contributed by atoms with Crippen molar-refractivity contribution < 1.29 is 19.1 Å². The van der Waals surface area contributed by atoms with E-state index >= 15 is 0 Å². The molecule has 9 nitrogen and oxygen atoms in total. The molecule has 10 heteroatoms. The van der Waals surface area contributed by atoms with E-state index in [0.717, 1.165) is 36.1 Å². The van der Waals surface area contributed by atoms with Crippen molar-refractivity contribution >= 4 is 29.1 Å². The zero-order valence-electron chi connectivity index (χ0n) is 24.3. The van der Waals surface area contributed by atoms with Gasteiger partial charge in [-0.1, -0.05) is 68.8 Å². The highest BCUT2D eigenvalue weighted by atomic mass is 32.1. The minimum absolute atomic E-state index is 0.0162. The van der Waals surface area contributed by atoms with Crippen LogP contribution in [-0.4, -0.2) is 60.5 Å². The second kappa shape index (κ2) is 16.0. The van der Waals surface area contributed by atoms with Crippen molar-refractivity contribution in [3.63, 3.8) is 0 Å². The molecule has 2 aromatic carbocycles. The molecule has 3 aromatic rings. The molecule has 1 aliphatic heterocycles. The fourth-order valence-electron chi connectivity index (χ4n) is 4.98. The number of fused-ring (bicyclic) bond motifs is 1. The molecule has 4 atom stereocenters. The highest BCUT2D eigenvalue weighted by Crippen LogP contribution is 2.19. The summed E-state index contributed by atoms with van der Waals surface area (Å²) in [6, 6.07) is 15.2. The molecule has 0 spiro atoms. The van der Waals surface area contributed by atoms with Crippen LogP contribution in [0.2, 0.25) is 0 Å². The van der Waals surface area contributed by atoms with E-state index in [4.69, 9.17) is 4.74 Å². The predicted molar refractivity (Wildman–Crippen MR) is 164 cm³/mol. The van der Waals surface area contributed by atoms with Gasteiger partial charge >= 0.3 is 0 Å². The Morgan fingerprint density at radius 2 is 1.67 bits per heavy atom. The fraction of sp³-hybridized carbons (Fsp3) is 0.438. The molecule has 0 saturated heterocycles. The first kappa shape index (κ1) is 31.2.